The highest BCUT2D eigenvalue weighted by Gasteiger charge is 2.14. The maximum Gasteiger partial charge on any atom is 0.358 e. The normalized spacial score (nSPS) is 10.3. The maximum absolute atomic E-state index is 11.5. The van der Waals surface area contributed by atoms with Crippen molar-refractivity contribution in [2.24, 2.45) is 5.18 Å². The molecule has 20 heavy (non-hydrogen) atoms. The molecule has 0 aliphatic rings. The molecule has 0 spiro atoms. The SMILES string of the molecule is CCn1cc(C(=O)OC)nc1Sc1ccc(N=O)cc1. The fourth-order valence-electron chi connectivity index (χ4n) is 1.59. The minimum atomic E-state index is -0.459. The van der Waals surface area contributed by atoms with Crippen LogP contribution in [-0.2, 0) is 11.3 Å². The van der Waals surface area contributed by atoms with Crippen LogP contribution in [0, 0.1) is 4.91 Å². The second kappa shape index (κ2) is 6.33. The number of rotatable bonds is 5. The fraction of sp³-hybridized carbons (Fsp3) is 0.231. The molecule has 0 bridgehead atoms. The summed E-state index contributed by atoms with van der Waals surface area (Å²) >= 11 is 1.41. The summed E-state index contributed by atoms with van der Waals surface area (Å²) in [4.78, 5) is 27.0. The average Bonchev–Trinajstić information content (AvgIpc) is 2.90. The van der Waals surface area contributed by atoms with Gasteiger partial charge < -0.3 is 9.30 Å². The molecule has 7 heteroatoms. The van der Waals surface area contributed by atoms with Gasteiger partial charge in [0, 0.05) is 17.6 Å². The van der Waals surface area contributed by atoms with Crippen molar-refractivity contribution >= 4 is 23.4 Å². The van der Waals surface area contributed by atoms with Gasteiger partial charge in [-0.25, -0.2) is 9.78 Å². The Morgan fingerprint density at radius 1 is 1.40 bits per heavy atom. The summed E-state index contributed by atoms with van der Waals surface area (Å²) in [5.41, 5.74) is 0.659. The first-order chi connectivity index (χ1) is 9.67. The molecule has 0 atom stereocenters. The zero-order valence-electron chi connectivity index (χ0n) is 11.1. The monoisotopic (exact) mass is 291 g/mol. The van der Waals surface area contributed by atoms with Crippen LogP contribution in [0.25, 0.3) is 0 Å². The van der Waals surface area contributed by atoms with Crippen LogP contribution in [0.2, 0.25) is 0 Å². The Kier molecular flexibility index (Phi) is 4.52. The van der Waals surface area contributed by atoms with Gasteiger partial charge in [-0.2, -0.15) is 0 Å². The second-order valence-electron chi connectivity index (χ2n) is 3.87. The standard InChI is InChI=1S/C13H13N3O3S/c1-3-16-8-11(12(17)19-2)14-13(16)20-10-6-4-9(15-18)5-7-10/h4-8H,3H2,1-2H3. The number of hydrogen-bond donors (Lipinski definition) is 0. The van der Waals surface area contributed by atoms with Gasteiger partial charge in [0.25, 0.3) is 0 Å². The van der Waals surface area contributed by atoms with Crippen molar-refractivity contribution in [1.82, 2.24) is 9.55 Å². The molecule has 0 aliphatic carbocycles. The largest absolute Gasteiger partial charge is 0.464 e. The third-order valence-electron chi connectivity index (χ3n) is 2.63. The highest BCUT2D eigenvalue weighted by atomic mass is 32.2. The molecule has 0 saturated carbocycles. The first kappa shape index (κ1) is 14.3. The number of nitroso groups, excluding NO2 is 1. The van der Waals surface area contributed by atoms with Crippen LogP contribution < -0.4 is 0 Å². The topological polar surface area (TPSA) is 73.6 Å². The molecule has 0 radical (unpaired) electrons. The Hall–Kier alpha value is -2.15. The number of methoxy groups -OCH3 is 1. The zero-order chi connectivity index (χ0) is 14.5. The number of aromatic nitrogens is 2. The van der Waals surface area contributed by atoms with Crippen molar-refractivity contribution in [2.75, 3.05) is 7.11 Å². The van der Waals surface area contributed by atoms with E-state index in [1.165, 1.54) is 18.9 Å². The van der Waals surface area contributed by atoms with Crippen molar-refractivity contribution in [1.29, 1.82) is 0 Å². The van der Waals surface area contributed by atoms with E-state index >= 15 is 0 Å². The van der Waals surface area contributed by atoms with E-state index in [0.717, 1.165) is 4.90 Å². The molecule has 6 nitrogen and oxygen atoms in total. The van der Waals surface area contributed by atoms with Crippen molar-refractivity contribution in [3.8, 4) is 0 Å². The van der Waals surface area contributed by atoms with Gasteiger partial charge in [-0.1, -0.05) is 11.8 Å². The number of carbonyl (C=O) groups is 1. The predicted octanol–water partition coefficient (Wildman–Crippen LogP) is 3.24. The minimum absolute atomic E-state index is 0.281. The van der Waals surface area contributed by atoms with Gasteiger partial charge >= 0.3 is 5.97 Å². The molecule has 104 valence electrons. The zero-order valence-corrected chi connectivity index (χ0v) is 11.9. The van der Waals surface area contributed by atoms with Gasteiger partial charge in [-0.3, -0.25) is 0 Å². The smallest absolute Gasteiger partial charge is 0.358 e. The number of carbonyl (C=O) groups excluding carboxylic acids is 1. The van der Waals surface area contributed by atoms with Crippen LogP contribution in [0.15, 0.2) is 45.7 Å². The Morgan fingerprint density at radius 2 is 2.10 bits per heavy atom. The number of ether oxygens (including phenoxy) is 1. The quantitative estimate of drug-likeness (QED) is 0.624. The first-order valence-electron chi connectivity index (χ1n) is 5.94. The Bertz CT molecular complexity index is 622. The summed E-state index contributed by atoms with van der Waals surface area (Å²) in [6.45, 7) is 2.66. The summed E-state index contributed by atoms with van der Waals surface area (Å²) in [5.74, 6) is -0.459. The summed E-state index contributed by atoms with van der Waals surface area (Å²) in [6, 6.07) is 6.84. The predicted molar refractivity (Wildman–Crippen MR) is 75.3 cm³/mol. The van der Waals surface area contributed by atoms with E-state index in [1.807, 2.05) is 11.5 Å². The molecule has 0 fully saturated rings. The minimum Gasteiger partial charge on any atom is -0.464 e. The van der Waals surface area contributed by atoms with Crippen molar-refractivity contribution in [2.45, 2.75) is 23.5 Å². The lowest BCUT2D eigenvalue weighted by Gasteiger charge is -2.03. The van der Waals surface area contributed by atoms with E-state index in [1.54, 1.807) is 30.5 Å². The second-order valence-corrected chi connectivity index (χ2v) is 4.91. The van der Waals surface area contributed by atoms with Crippen LogP contribution in [0.5, 0.6) is 0 Å². The molecule has 0 N–H and O–H groups in total. The summed E-state index contributed by atoms with van der Waals surface area (Å²) < 4.78 is 6.52. The Balaban J connectivity index is 2.24. The van der Waals surface area contributed by atoms with Gasteiger partial charge in [0.1, 0.15) is 5.69 Å². The lowest BCUT2D eigenvalue weighted by molar-refractivity contribution is 0.0594. The number of imidazole rings is 1. The van der Waals surface area contributed by atoms with Crippen LogP contribution in [0.4, 0.5) is 5.69 Å². The third kappa shape index (κ3) is 3.05. The van der Waals surface area contributed by atoms with E-state index < -0.39 is 5.97 Å². The summed E-state index contributed by atoms with van der Waals surface area (Å²) in [7, 11) is 1.32. The Labute approximate surface area is 120 Å². The van der Waals surface area contributed by atoms with E-state index in [2.05, 4.69) is 14.9 Å². The molecular weight excluding hydrogens is 278 g/mol. The lowest BCUT2D eigenvalue weighted by atomic mass is 10.3. The van der Waals surface area contributed by atoms with Crippen LogP contribution in [0.3, 0.4) is 0 Å². The third-order valence-corrected chi connectivity index (χ3v) is 3.64. The number of benzene rings is 1. The summed E-state index contributed by atoms with van der Waals surface area (Å²) in [6.07, 6.45) is 1.66. The highest BCUT2D eigenvalue weighted by Crippen LogP contribution is 2.28. The maximum atomic E-state index is 11.5. The van der Waals surface area contributed by atoms with Crippen LogP contribution >= 0.6 is 11.8 Å². The van der Waals surface area contributed by atoms with Gasteiger partial charge in [-0.05, 0) is 36.4 Å². The molecule has 1 heterocycles. The number of hydrogen-bond acceptors (Lipinski definition) is 6. The molecule has 2 aromatic rings. The van der Waals surface area contributed by atoms with Crippen LogP contribution in [-0.4, -0.2) is 22.6 Å². The van der Waals surface area contributed by atoms with Crippen molar-refractivity contribution in [3.05, 3.63) is 41.1 Å². The van der Waals surface area contributed by atoms with Gasteiger partial charge in [0.05, 0.1) is 7.11 Å². The average molecular weight is 291 g/mol. The molecule has 2 rings (SSSR count). The number of esters is 1. The number of aryl methyl sites for hydroxylation is 1. The van der Waals surface area contributed by atoms with Gasteiger partial charge in [-0.15, -0.1) is 4.91 Å². The van der Waals surface area contributed by atoms with Crippen molar-refractivity contribution < 1.29 is 9.53 Å². The molecule has 0 saturated heterocycles. The van der Waals surface area contributed by atoms with E-state index in [4.69, 9.17) is 0 Å². The first-order valence-corrected chi connectivity index (χ1v) is 6.76. The Morgan fingerprint density at radius 3 is 2.65 bits per heavy atom. The fourth-order valence-corrected chi connectivity index (χ4v) is 2.52. The molecule has 1 aromatic carbocycles. The molecule has 0 amide bonds. The highest BCUT2D eigenvalue weighted by molar-refractivity contribution is 7.99. The van der Waals surface area contributed by atoms with E-state index in [0.29, 0.717) is 17.4 Å². The van der Waals surface area contributed by atoms with Crippen LogP contribution in [0.1, 0.15) is 17.4 Å². The van der Waals surface area contributed by atoms with E-state index in [-0.39, 0.29) is 5.69 Å². The summed E-state index contributed by atoms with van der Waals surface area (Å²) in [5, 5.41) is 3.54. The van der Waals surface area contributed by atoms with E-state index in [9.17, 15) is 9.70 Å². The molecular formula is C13H13N3O3S. The van der Waals surface area contributed by atoms with Crippen molar-refractivity contribution in [3.63, 3.8) is 0 Å². The lowest BCUT2D eigenvalue weighted by Crippen LogP contribution is -2.01. The molecule has 0 unspecified atom stereocenters. The number of nitrogens with zero attached hydrogens (tertiary/aromatic N) is 3. The van der Waals surface area contributed by atoms with Gasteiger partial charge in [0.2, 0.25) is 0 Å². The molecule has 1 aromatic heterocycles. The molecule has 0 aliphatic heterocycles. The van der Waals surface area contributed by atoms with Gasteiger partial charge in [0.15, 0.2) is 10.9 Å².